The normalized spacial score (nSPS) is 23.4. The molecule has 2 rings (SSSR count). The molecular formula is C12H18N2O2S. The first-order valence-electron chi connectivity index (χ1n) is 5.89. The summed E-state index contributed by atoms with van der Waals surface area (Å²) in [5.41, 5.74) is 0.981. The Hall–Kier alpha value is -1.07. The van der Waals surface area contributed by atoms with Crippen LogP contribution >= 0.6 is 0 Å². The standard InChI is InChI=1S/C12H18N2O2S/c1-3-13-17(15,16)11-6-4-10(5-7-11)14-12-8-9(12)2/h4-7,9,12-14H,3,8H2,1-2H3. The minimum absolute atomic E-state index is 0.314. The predicted molar refractivity (Wildman–Crippen MR) is 68.5 cm³/mol. The molecule has 0 saturated heterocycles. The number of sulfonamides is 1. The summed E-state index contributed by atoms with van der Waals surface area (Å²) in [4.78, 5) is 0.314. The second-order valence-corrected chi connectivity index (χ2v) is 6.26. The minimum atomic E-state index is -3.33. The lowest BCUT2D eigenvalue weighted by molar-refractivity contribution is 0.584. The van der Waals surface area contributed by atoms with Gasteiger partial charge in [0.25, 0.3) is 0 Å². The Bertz CT molecular complexity index is 482. The third-order valence-electron chi connectivity index (χ3n) is 2.96. The van der Waals surface area contributed by atoms with Gasteiger partial charge < -0.3 is 5.32 Å². The van der Waals surface area contributed by atoms with Crippen LogP contribution in [-0.2, 0) is 10.0 Å². The Morgan fingerprint density at radius 1 is 1.29 bits per heavy atom. The van der Waals surface area contributed by atoms with Gasteiger partial charge in [-0.05, 0) is 36.6 Å². The van der Waals surface area contributed by atoms with E-state index in [-0.39, 0.29) is 0 Å². The molecule has 1 aromatic carbocycles. The van der Waals surface area contributed by atoms with Gasteiger partial charge in [-0.15, -0.1) is 0 Å². The number of anilines is 1. The number of benzene rings is 1. The van der Waals surface area contributed by atoms with Crippen molar-refractivity contribution in [2.45, 2.75) is 31.2 Å². The van der Waals surface area contributed by atoms with E-state index in [9.17, 15) is 8.42 Å². The zero-order valence-corrected chi connectivity index (χ0v) is 10.9. The molecule has 1 aromatic rings. The maximum Gasteiger partial charge on any atom is 0.240 e. The molecule has 2 N–H and O–H groups in total. The molecule has 94 valence electrons. The molecule has 0 aromatic heterocycles. The van der Waals surface area contributed by atoms with E-state index < -0.39 is 10.0 Å². The SMILES string of the molecule is CCNS(=O)(=O)c1ccc(NC2CC2C)cc1. The van der Waals surface area contributed by atoms with Crippen LogP contribution in [0.1, 0.15) is 20.3 Å². The van der Waals surface area contributed by atoms with Gasteiger partial charge in [0.15, 0.2) is 0 Å². The maximum absolute atomic E-state index is 11.7. The van der Waals surface area contributed by atoms with Gasteiger partial charge >= 0.3 is 0 Å². The van der Waals surface area contributed by atoms with Gasteiger partial charge in [0.2, 0.25) is 10.0 Å². The molecule has 0 bridgehead atoms. The lowest BCUT2D eigenvalue weighted by Crippen LogP contribution is -2.23. The van der Waals surface area contributed by atoms with Gasteiger partial charge in [-0.25, -0.2) is 13.1 Å². The summed E-state index contributed by atoms with van der Waals surface area (Å²) < 4.78 is 25.9. The Morgan fingerprint density at radius 3 is 2.35 bits per heavy atom. The fraction of sp³-hybridized carbons (Fsp3) is 0.500. The average Bonchev–Trinajstić information content (AvgIpc) is 2.95. The van der Waals surface area contributed by atoms with E-state index in [1.54, 1.807) is 19.1 Å². The van der Waals surface area contributed by atoms with Crippen LogP contribution in [0.4, 0.5) is 5.69 Å². The van der Waals surface area contributed by atoms with Gasteiger partial charge in [-0.3, -0.25) is 0 Å². The molecule has 1 fully saturated rings. The molecule has 1 aliphatic carbocycles. The van der Waals surface area contributed by atoms with E-state index in [0.717, 1.165) is 11.6 Å². The molecule has 0 radical (unpaired) electrons. The Balaban J connectivity index is 2.07. The van der Waals surface area contributed by atoms with Crippen molar-refractivity contribution in [2.75, 3.05) is 11.9 Å². The lowest BCUT2D eigenvalue weighted by atomic mass is 10.3. The highest BCUT2D eigenvalue weighted by Crippen LogP contribution is 2.32. The number of hydrogen-bond donors (Lipinski definition) is 2. The second-order valence-electron chi connectivity index (χ2n) is 4.49. The summed E-state index contributed by atoms with van der Waals surface area (Å²) in [7, 11) is -3.33. The fourth-order valence-corrected chi connectivity index (χ4v) is 2.78. The van der Waals surface area contributed by atoms with Crippen LogP contribution in [0.15, 0.2) is 29.2 Å². The van der Waals surface area contributed by atoms with Crippen molar-refractivity contribution in [3.8, 4) is 0 Å². The number of nitrogens with one attached hydrogen (secondary N) is 2. The molecule has 0 spiro atoms. The highest BCUT2D eigenvalue weighted by atomic mass is 32.2. The van der Waals surface area contributed by atoms with Crippen LogP contribution < -0.4 is 10.0 Å². The molecule has 2 atom stereocenters. The quantitative estimate of drug-likeness (QED) is 0.842. The van der Waals surface area contributed by atoms with Gasteiger partial charge in [-0.2, -0.15) is 0 Å². The maximum atomic E-state index is 11.7. The van der Waals surface area contributed by atoms with Crippen LogP contribution in [-0.4, -0.2) is 21.0 Å². The molecule has 5 heteroatoms. The highest BCUT2D eigenvalue weighted by molar-refractivity contribution is 7.89. The zero-order chi connectivity index (χ0) is 12.5. The van der Waals surface area contributed by atoms with Gasteiger partial charge in [0.1, 0.15) is 0 Å². The van der Waals surface area contributed by atoms with E-state index >= 15 is 0 Å². The van der Waals surface area contributed by atoms with Crippen molar-refractivity contribution >= 4 is 15.7 Å². The summed E-state index contributed by atoms with van der Waals surface area (Å²) in [6.45, 7) is 4.37. The summed E-state index contributed by atoms with van der Waals surface area (Å²) in [5.74, 6) is 0.722. The third kappa shape index (κ3) is 2.98. The monoisotopic (exact) mass is 254 g/mol. The first kappa shape index (κ1) is 12.4. The van der Waals surface area contributed by atoms with E-state index in [1.807, 2.05) is 12.1 Å². The lowest BCUT2D eigenvalue weighted by Gasteiger charge is -2.07. The second kappa shape index (κ2) is 4.66. The Morgan fingerprint density at radius 2 is 1.88 bits per heavy atom. The van der Waals surface area contributed by atoms with Crippen molar-refractivity contribution in [1.82, 2.24) is 4.72 Å². The molecule has 2 unspecified atom stereocenters. The first-order chi connectivity index (χ1) is 8.03. The van der Waals surface area contributed by atoms with Crippen molar-refractivity contribution in [1.29, 1.82) is 0 Å². The largest absolute Gasteiger partial charge is 0.382 e. The van der Waals surface area contributed by atoms with Gasteiger partial charge in [0, 0.05) is 18.3 Å². The van der Waals surface area contributed by atoms with Crippen LogP contribution in [0.3, 0.4) is 0 Å². The Kier molecular flexibility index (Phi) is 3.40. The van der Waals surface area contributed by atoms with Crippen molar-refractivity contribution < 1.29 is 8.42 Å². The van der Waals surface area contributed by atoms with Gasteiger partial charge in [-0.1, -0.05) is 13.8 Å². The van der Waals surface area contributed by atoms with Crippen molar-refractivity contribution in [3.05, 3.63) is 24.3 Å². The molecule has 0 amide bonds. The Labute approximate surface area is 102 Å². The summed E-state index contributed by atoms with van der Waals surface area (Å²) >= 11 is 0. The smallest absolute Gasteiger partial charge is 0.240 e. The first-order valence-corrected chi connectivity index (χ1v) is 7.37. The molecular weight excluding hydrogens is 236 g/mol. The molecule has 4 nitrogen and oxygen atoms in total. The topological polar surface area (TPSA) is 58.2 Å². The summed E-state index contributed by atoms with van der Waals surface area (Å²) in [6.07, 6.45) is 1.19. The van der Waals surface area contributed by atoms with Crippen molar-refractivity contribution in [2.24, 2.45) is 5.92 Å². The van der Waals surface area contributed by atoms with Gasteiger partial charge in [0.05, 0.1) is 4.90 Å². The van der Waals surface area contributed by atoms with Crippen molar-refractivity contribution in [3.63, 3.8) is 0 Å². The van der Waals surface area contributed by atoms with Crippen LogP contribution in [0, 0.1) is 5.92 Å². The molecule has 0 heterocycles. The van der Waals surface area contributed by atoms with E-state index in [2.05, 4.69) is 17.0 Å². The summed E-state index contributed by atoms with van der Waals surface area (Å²) in [5, 5.41) is 3.36. The molecule has 17 heavy (non-hydrogen) atoms. The summed E-state index contributed by atoms with van der Waals surface area (Å²) in [6, 6.07) is 7.44. The zero-order valence-electron chi connectivity index (χ0n) is 10.1. The molecule has 1 saturated carbocycles. The van der Waals surface area contributed by atoms with E-state index in [4.69, 9.17) is 0 Å². The van der Waals surface area contributed by atoms with E-state index in [0.29, 0.717) is 17.5 Å². The van der Waals surface area contributed by atoms with E-state index in [1.165, 1.54) is 6.42 Å². The predicted octanol–water partition coefficient (Wildman–Crippen LogP) is 1.81. The van der Waals surface area contributed by atoms with Crippen LogP contribution in [0.5, 0.6) is 0 Å². The minimum Gasteiger partial charge on any atom is -0.382 e. The fourth-order valence-electron chi connectivity index (χ4n) is 1.74. The average molecular weight is 254 g/mol. The molecule has 0 aliphatic heterocycles. The number of hydrogen-bond acceptors (Lipinski definition) is 3. The number of rotatable bonds is 5. The highest BCUT2D eigenvalue weighted by Gasteiger charge is 2.32. The molecule has 1 aliphatic rings. The van der Waals surface area contributed by atoms with Crippen LogP contribution in [0.25, 0.3) is 0 Å². The third-order valence-corrected chi connectivity index (χ3v) is 4.52. The van der Waals surface area contributed by atoms with Crippen LogP contribution in [0.2, 0.25) is 0 Å².